The number of nitrogen functional groups attached to an aromatic ring is 1. The fraction of sp³-hybridized carbons (Fsp3) is 0.364. The second kappa shape index (κ2) is 9.26. The lowest BCUT2D eigenvalue weighted by atomic mass is 9.82. The summed E-state index contributed by atoms with van der Waals surface area (Å²) in [6, 6.07) is 13.4. The number of benzene rings is 2. The summed E-state index contributed by atoms with van der Waals surface area (Å²) in [5.74, 6) is 2.71. The van der Waals surface area contributed by atoms with E-state index < -0.39 is 0 Å². The van der Waals surface area contributed by atoms with E-state index >= 15 is 0 Å². The lowest BCUT2D eigenvalue weighted by molar-refractivity contribution is 0.101. The molecule has 1 aromatic heterocycles. The van der Waals surface area contributed by atoms with Crippen LogP contribution in [-0.2, 0) is 0 Å². The fourth-order valence-corrected chi connectivity index (χ4v) is 4.06. The number of aromatic nitrogens is 2. The highest BCUT2D eigenvalue weighted by Gasteiger charge is 2.22. The quantitative estimate of drug-likeness (QED) is 0.317. The average Bonchev–Trinajstić information content (AvgIpc) is 3.13. The molecular formula is C22H28N4OS. The van der Waals surface area contributed by atoms with E-state index in [1.54, 1.807) is 18.2 Å². The van der Waals surface area contributed by atoms with Gasteiger partial charge >= 0.3 is 0 Å². The van der Waals surface area contributed by atoms with Gasteiger partial charge in [0, 0.05) is 22.1 Å². The first kappa shape index (κ1) is 20.4. The van der Waals surface area contributed by atoms with Gasteiger partial charge in [-0.2, -0.15) is 0 Å². The van der Waals surface area contributed by atoms with Crippen molar-refractivity contribution in [3.05, 3.63) is 53.9 Å². The molecule has 5 nitrogen and oxygen atoms in total. The minimum Gasteiger partial charge on any atom is -0.398 e. The Labute approximate surface area is 170 Å². The van der Waals surface area contributed by atoms with E-state index in [1.807, 2.05) is 0 Å². The number of imidazole rings is 1. The number of carbonyl (C=O) groups excluding carboxylic acids is 1. The van der Waals surface area contributed by atoms with Crippen molar-refractivity contribution in [1.29, 1.82) is 0 Å². The summed E-state index contributed by atoms with van der Waals surface area (Å²) in [6.07, 6.45) is 5.32. The molecule has 6 heteroatoms. The standard InChI is InChI=1S/C14H18N2.C8H10N2OS/c1-10-5-4-6-11(9-10)14-15-12-7-2-3-8-13(12)16-14;1-5(11)6-2-3-8(12-10)7(9)4-6/h2-3,7-8,10-11H,4-6,9H2,1H3,(H,15,16);2-4H,9-10H2,1H3. The van der Waals surface area contributed by atoms with Crippen molar-refractivity contribution >= 4 is 34.5 Å². The smallest absolute Gasteiger partial charge is 0.159 e. The average molecular weight is 397 g/mol. The molecule has 4 rings (SSSR count). The highest BCUT2D eigenvalue weighted by molar-refractivity contribution is 7.97. The molecule has 0 amide bonds. The van der Waals surface area contributed by atoms with Gasteiger partial charge < -0.3 is 10.7 Å². The Morgan fingerprint density at radius 3 is 2.64 bits per heavy atom. The largest absolute Gasteiger partial charge is 0.398 e. The number of fused-ring (bicyclic) bond motifs is 1. The van der Waals surface area contributed by atoms with E-state index in [4.69, 9.17) is 15.9 Å². The predicted octanol–water partition coefficient (Wildman–Crippen LogP) is 5.29. The third-order valence-corrected chi connectivity index (χ3v) is 5.90. The van der Waals surface area contributed by atoms with Crippen molar-refractivity contribution in [2.24, 2.45) is 11.1 Å². The van der Waals surface area contributed by atoms with Gasteiger partial charge in [0.25, 0.3) is 0 Å². The first-order chi connectivity index (χ1) is 13.5. The Morgan fingerprint density at radius 1 is 1.21 bits per heavy atom. The number of ketones is 1. The van der Waals surface area contributed by atoms with Crippen molar-refractivity contribution < 1.29 is 4.79 Å². The lowest BCUT2D eigenvalue weighted by Crippen LogP contribution is -2.12. The molecule has 148 valence electrons. The molecule has 5 N–H and O–H groups in total. The van der Waals surface area contributed by atoms with Gasteiger partial charge in [-0.15, -0.1) is 0 Å². The third-order valence-electron chi connectivity index (χ3n) is 5.27. The van der Waals surface area contributed by atoms with Gasteiger partial charge in [-0.25, -0.2) is 4.98 Å². The molecule has 2 aromatic carbocycles. The summed E-state index contributed by atoms with van der Waals surface area (Å²) in [4.78, 5) is 19.9. The van der Waals surface area contributed by atoms with Gasteiger partial charge in [0.1, 0.15) is 5.82 Å². The molecule has 0 bridgehead atoms. The molecule has 1 saturated carbocycles. The molecular weight excluding hydrogens is 368 g/mol. The molecule has 2 atom stereocenters. The molecule has 1 fully saturated rings. The minimum atomic E-state index is 0.00951. The normalized spacial score (nSPS) is 19.1. The number of aromatic amines is 1. The van der Waals surface area contributed by atoms with Crippen LogP contribution < -0.4 is 10.9 Å². The molecule has 1 aliphatic carbocycles. The van der Waals surface area contributed by atoms with Crippen LogP contribution in [-0.4, -0.2) is 15.8 Å². The van der Waals surface area contributed by atoms with E-state index in [0.29, 0.717) is 17.2 Å². The van der Waals surface area contributed by atoms with Crippen molar-refractivity contribution in [2.45, 2.75) is 50.3 Å². The molecule has 2 unspecified atom stereocenters. The zero-order chi connectivity index (χ0) is 20.1. The first-order valence-electron chi connectivity index (χ1n) is 9.69. The van der Waals surface area contributed by atoms with Crippen molar-refractivity contribution in [1.82, 2.24) is 9.97 Å². The highest BCUT2D eigenvalue weighted by Crippen LogP contribution is 2.35. The monoisotopic (exact) mass is 396 g/mol. The Kier molecular flexibility index (Phi) is 6.75. The van der Waals surface area contributed by atoms with Crippen molar-refractivity contribution in [3.63, 3.8) is 0 Å². The van der Waals surface area contributed by atoms with Crippen LogP contribution in [0.25, 0.3) is 11.0 Å². The van der Waals surface area contributed by atoms with Crippen molar-refractivity contribution in [3.8, 4) is 0 Å². The number of para-hydroxylation sites is 2. The maximum Gasteiger partial charge on any atom is 0.159 e. The van der Waals surface area contributed by atoms with E-state index in [9.17, 15) is 4.79 Å². The fourth-order valence-electron chi connectivity index (χ4n) is 3.72. The second-order valence-electron chi connectivity index (χ2n) is 7.53. The number of hydrogen-bond acceptors (Lipinski definition) is 5. The Balaban J connectivity index is 0.000000169. The molecule has 3 aromatic rings. The summed E-state index contributed by atoms with van der Waals surface area (Å²) >= 11 is 1.08. The molecule has 1 aliphatic rings. The van der Waals surface area contributed by atoms with Gasteiger partial charge in [-0.3, -0.25) is 9.93 Å². The van der Waals surface area contributed by atoms with Crippen LogP contribution >= 0.6 is 11.9 Å². The molecule has 0 spiro atoms. The van der Waals surface area contributed by atoms with E-state index in [1.165, 1.54) is 43.9 Å². The number of hydrogen-bond donors (Lipinski definition) is 3. The zero-order valence-corrected chi connectivity index (χ0v) is 17.3. The number of nitrogens with two attached hydrogens (primary N) is 2. The SMILES string of the molecule is CC(=O)c1ccc(SN)c(N)c1.CC1CCCC(c2nc3ccccc3[nH]2)C1. The Morgan fingerprint density at radius 2 is 2.00 bits per heavy atom. The number of rotatable bonds is 3. The summed E-state index contributed by atoms with van der Waals surface area (Å²) < 4.78 is 0. The number of Topliss-reactive ketones (excluding diaryl/α,β-unsaturated/α-hetero) is 1. The maximum atomic E-state index is 10.9. The topological polar surface area (TPSA) is 97.8 Å². The van der Waals surface area contributed by atoms with E-state index in [-0.39, 0.29) is 5.78 Å². The highest BCUT2D eigenvalue weighted by atomic mass is 32.2. The van der Waals surface area contributed by atoms with Crippen LogP contribution in [0.3, 0.4) is 0 Å². The van der Waals surface area contributed by atoms with Gasteiger partial charge in [0.05, 0.1) is 11.0 Å². The summed E-state index contributed by atoms with van der Waals surface area (Å²) in [7, 11) is 0. The van der Waals surface area contributed by atoms with Crippen LogP contribution in [0.4, 0.5) is 5.69 Å². The number of nitrogens with zero attached hydrogens (tertiary/aromatic N) is 1. The zero-order valence-electron chi connectivity index (χ0n) is 16.4. The van der Waals surface area contributed by atoms with Crippen LogP contribution in [0.2, 0.25) is 0 Å². The molecule has 0 aliphatic heterocycles. The van der Waals surface area contributed by atoms with Gasteiger partial charge in [0.2, 0.25) is 0 Å². The summed E-state index contributed by atoms with van der Waals surface area (Å²) in [5, 5.41) is 5.33. The Bertz CT molecular complexity index is 920. The van der Waals surface area contributed by atoms with E-state index in [2.05, 4.69) is 36.2 Å². The number of carbonyl (C=O) groups is 1. The van der Waals surface area contributed by atoms with Crippen LogP contribution in [0, 0.1) is 5.92 Å². The van der Waals surface area contributed by atoms with Crippen molar-refractivity contribution in [2.75, 3.05) is 5.73 Å². The molecule has 0 saturated heterocycles. The Hall–Kier alpha value is -2.31. The second-order valence-corrected chi connectivity index (χ2v) is 8.21. The van der Waals surface area contributed by atoms with Gasteiger partial charge in [-0.1, -0.05) is 38.0 Å². The van der Waals surface area contributed by atoms with Crippen LogP contribution in [0.1, 0.15) is 61.6 Å². The third kappa shape index (κ3) is 4.94. The van der Waals surface area contributed by atoms with Gasteiger partial charge in [-0.05, 0) is 61.9 Å². The lowest BCUT2D eigenvalue weighted by Gasteiger charge is -2.24. The van der Waals surface area contributed by atoms with Gasteiger partial charge in [0.15, 0.2) is 5.78 Å². The number of nitrogens with one attached hydrogen (secondary N) is 1. The van der Waals surface area contributed by atoms with Crippen LogP contribution in [0.15, 0.2) is 47.4 Å². The maximum absolute atomic E-state index is 10.9. The molecule has 28 heavy (non-hydrogen) atoms. The predicted molar refractivity (Wildman–Crippen MR) is 117 cm³/mol. The molecule has 1 heterocycles. The van der Waals surface area contributed by atoms with E-state index in [0.717, 1.165) is 28.3 Å². The summed E-state index contributed by atoms with van der Waals surface area (Å²) in [5.41, 5.74) is 9.07. The summed E-state index contributed by atoms with van der Waals surface area (Å²) in [6.45, 7) is 3.86. The minimum absolute atomic E-state index is 0.00951. The number of anilines is 1. The van der Waals surface area contributed by atoms with Crippen LogP contribution in [0.5, 0.6) is 0 Å². The first-order valence-corrected chi connectivity index (χ1v) is 10.6. The molecule has 0 radical (unpaired) electrons. The number of H-pyrrole nitrogens is 1.